The molecule has 1 aliphatic heterocycles. The lowest BCUT2D eigenvalue weighted by Gasteiger charge is -2.28. The van der Waals surface area contributed by atoms with Gasteiger partial charge in [0, 0.05) is 35.4 Å². The van der Waals surface area contributed by atoms with Crippen LogP contribution in [0.4, 0.5) is 0 Å². The van der Waals surface area contributed by atoms with E-state index in [0.29, 0.717) is 31.0 Å². The second kappa shape index (κ2) is 6.16. The lowest BCUT2D eigenvalue weighted by atomic mass is 10.1. The topological polar surface area (TPSA) is 83.6 Å². The molecule has 2 rings (SSSR count). The van der Waals surface area contributed by atoms with Gasteiger partial charge in [-0.05, 0) is 24.1 Å². The smallest absolute Gasteiger partial charge is 0.239 e. The maximum absolute atomic E-state index is 12.1. The Labute approximate surface area is 114 Å². The van der Waals surface area contributed by atoms with Gasteiger partial charge in [0.1, 0.15) is 5.75 Å². The molecule has 0 aromatic heterocycles. The van der Waals surface area contributed by atoms with Crippen LogP contribution in [0.1, 0.15) is 5.56 Å². The quantitative estimate of drug-likeness (QED) is 0.808. The first kappa shape index (κ1) is 14.0. The van der Waals surface area contributed by atoms with E-state index in [1.807, 2.05) is 0 Å². The van der Waals surface area contributed by atoms with Crippen molar-refractivity contribution in [3.05, 3.63) is 29.8 Å². The fraction of sp³-hybridized carbons (Fsp3) is 0.462. The monoisotopic (exact) mass is 282 g/mol. The molecule has 1 amide bonds. The van der Waals surface area contributed by atoms with Gasteiger partial charge in [-0.2, -0.15) is 0 Å². The third-order valence-corrected chi connectivity index (χ3v) is 4.47. The van der Waals surface area contributed by atoms with Crippen molar-refractivity contribution in [2.45, 2.75) is 12.5 Å². The highest BCUT2D eigenvalue weighted by Gasteiger charge is 2.24. The highest BCUT2D eigenvalue weighted by atomic mass is 32.2. The normalized spacial score (nSPS) is 18.3. The van der Waals surface area contributed by atoms with E-state index in [1.165, 1.54) is 0 Å². The molecule has 0 aliphatic carbocycles. The Morgan fingerprint density at radius 3 is 2.47 bits per heavy atom. The van der Waals surface area contributed by atoms with Crippen LogP contribution in [-0.2, 0) is 22.0 Å². The summed E-state index contributed by atoms with van der Waals surface area (Å²) in [5, 5.41) is 9.19. The number of carbonyl (C=O) groups is 1. The Bertz CT molecular complexity index is 465. The highest BCUT2D eigenvalue weighted by Crippen LogP contribution is 2.12. The fourth-order valence-corrected chi connectivity index (χ4v) is 3.12. The van der Waals surface area contributed by atoms with Gasteiger partial charge in [0.2, 0.25) is 5.91 Å². The molecule has 1 saturated heterocycles. The summed E-state index contributed by atoms with van der Waals surface area (Å²) >= 11 is 0. The second-order valence-corrected chi connectivity index (χ2v) is 6.35. The van der Waals surface area contributed by atoms with E-state index in [2.05, 4.69) is 0 Å². The first-order chi connectivity index (χ1) is 9.06. The lowest BCUT2D eigenvalue weighted by Crippen LogP contribution is -2.49. The summed E-state index contributed by atoms with van der Waals surface area (Å²) < 4.78 is 11.2. The molecule has 1 aliphatic rings. The summed E-state index contributed by atoms with van der Waals surface area (Å²) in [6.07, 6.45) is 0.443. The molecule has 1 atom stereocenters. The Kier molecular flexibility index (Phi) is 4.55. The van der Waals surface area contributed by atoms with E-state index in [4.69, 9.17) is 5.73 Å². The van der Waals surface area contributed by atoms with Gasteiger partial charge in [0.05, 0.1) is 6.04 Å². The summed E-state index contributed by atoms with van der Waals surface area (Å²) in [6, 6.07) is 6.09. The van der Waals surface area contributed by atoms with Crippen LogP contribution in [0.2, 0.25) is 0 Å². The summed E-state index contributed by atoms with van der Waals surface area (Å²) in [7, 11) is -0.794. The molecule has 1 fully saturated rings. The number of aromatic hydroxyl groups is 1. The number of amides is 1. The lowest BCUT2D eigenvalue weighted by molar-refractivity contribution is -0.132. The van der Waals surface area contributed by atoms with E-state index in [-0.39, 0.29) is 11.7 Å². The van der Waals surface area contributed by atoms with E-state index in [1.54, 1.807) is 29.2 Å². The Morgan fingerprint density at radius 2 is 1.89 bits per heavy atom. The molecular weight excluding hydrogens is 264 g/mol. The molecular formula is C13H18N2O3S. The summed E-state index contributed by atoms with van der Waals surface area (Å²) in [5.74, 6) is 1.18. The van der Waals surface area contributed by atoms with Crippen molar-refractivity contribution in [1.29, 1.82) is 0 Å². The van der Waals surface area contributed by atoms with Gasteiger partial charge < -0.3 is 15.7 Å². The Hall–Kier alpha value is -1.40. The summed E-state index contributed by atoms with van der Waals surface area (Å²) in [6.45, 7) is 1.05. The van der Waals surface area contributed by atoms with Crippen molar-refractivity contribution in [3.63, 3.8) is 0 Å². The van der Waals surface area contributed by atoms with E-state index < -0.39 is 16.8 Å². The van der Waals surface area contributed by atoms with Crippen molar-refractivity contribution in [2.75, 3.05) is 24.6 Å². The maximum atomic E-state index is 12.1. The number of phenolic OH excluding ortho intramolecular Hbond substituents is 1. The largest absolute Gasteiger partial charge is 0.508 e. The molecule has 0 spiro atoms. The van der Waals surface area contributed by atoms with Gasteiger partial charge in [-0.3, -0.25) is 9.00 Å². The number of carbonyl (C=O) groups excluding carboxylic acids is 1. The van der Waals surface area contributed by atoms with Gasteiger partial charge in [0.25, 0.3) is 0 Å². The molecule has 0 unspecified atom stereocenters. The zero-order valence-electron chi connectivity index (χ0n) is 10.6. The molecule has 5 nitrogen and oxygen atoms in total. The van der Waals surface area contributed by atoms with Crippen LogP contribution in [-0.4, -0.2) is 50.8 Å². The molecule has 0 bridgehead atoms. The molecule has 0 radical (unpaired) electrons. The van der Waals surface area contributed by atoms with Crippen LogP contribution in [0.15, 0.2) is 24.3 Å². The Balaban J connectivity index is 1.92. The number of nitrogens with zero attached hydrogens (tertiary/aromatic N) is 1. The molecule has 19 heavy (non-hydrogen) atoms. The minimum atomic E-state index is -0.794. The van der Waals surface area contributed by atoms with Crippen molar-refractivity contribution in [2.24, 2.45) is 5.73 Å². The van der Waals surface area contributed by atoms with E-state index >= 15 is 0 Å². The van der Waals surface area contributed by atoms with Crippen LogP contribution < -0.4 is 5.73 Å². The van der Waals surface area contributed by atoms with Crippen molar-refractivity contribution >= 4 is 16.7 Å². The van der Waals surface area contributed by atoms with Crippen molar-refractivity contribution in [1.82, 2.24) is 4.90 Å². The molecule has 3 N–H and O–H groups in total. The average molecular weight is 282 g/mol. The van der Waals surface area contributed by atoms with Gasteiger partial charge >= 0.3 is 0 Å². The molecule has 6 heteroatoms. The summed E-state index contributed by atoms with van der Waals surface area (Å²) in [4.78, 5) is 13.8. The minimum Gasteiger partial charge on any atom is -0.508 e. The predicted octanol–water partition coefficient (Wildman–Crippen LogP) is -0.147. The number of hydrogen-bond donors (Lipinski definition) is 2. The van der Waals surface area contributed by atoms with E-state index in [9.17, 15) is 14.1 Å². The fourth-order valence-electron chi connectivity index (χ4n) is 2.07. The van der Waals surface area contributed by atoms with Crippen LogP contribution in [0.3, 0.4) is 0 Å². The number of benzene rings is 1. The molecule has 104 valence electrons. The SMILES string of the molecule is N[C@@H](Cc1ccc(O)cc1)C(=O)N1CCS(=O)CC1. The zero-order valence-corrected chi connectivity index (χ0v) is 11.4. The van der Waals surface area contributed by atoms with E-state index in [0.717, 1.165) is 5.56 Å². The number of hydrogen-bond acceptors (Lipinski definition) is 4. The maximum Gasteiger partial charge on any atom is 0.239 e. The first-order valence-corrected chi connectivity index (χ1v) is 7.72. The van der Waals surface area contributed by atoms with Gasteiger partial charge in [-0.15, -0.1) is 0 Å². The van der Waals surface area contributed by atoms with Crippen LogP contribution in [0, 0.1) is 0 Å². The minimum absolute atomic E-state index is 0.0928. The highest BCUT2D eigenvalue weighted by molar-refractivity contribution is 7.85. The van der Waals surface area contributed by atoms with Crippen LogP contribution in [0.25, 0.3) is 0 Å². The predicted molar refractivity (Wildman–Crippen MR) is 74.2 cm³/mol. The average Bonchev–Trinajstić information content (AvgIpc) is 2.41. The first-order valence-electron chi connectivity index (χ1n) is 6.23. The van der Waals surface area contributed by atoms with Crippen molar-refractivity contribution < 1.29 is 14.1 Å². The summed E-state index contributed by atoms with van der Waals surface area (Å²) in [5.41, 5.74) is 6.84. The van der Waals surface area contributed by atoms with Crippen LogP contribution in [0.5, 0.6) is 5.75 Å². The molecule has 1 aromatic rings. The molecule has 0 saturated carbocycles. The number of nitrogens with two attached hydrogens (primary N) is 1. The van der Waals surface area contributed by atoms with Gasteiger partial charge in [0.15, 0.2) is 0 Å². The third-order valence-electron chi connectivity index (χ3n) is 3.20. The number of rotatable bonds is 3. The second-order valence-electron chi connectivity index (χ2n) is 4.65. The van der Waals surface area contributed by atoms with Crippen molar-refractivity contribution in [3.8, 4) is 5.75 Å². The third kappa shape index (κ3) is 3.78. The molecule has 1 heterocycles. The Morgan fingerprint density at radius 1 is 1.32 bits per heavy atom. The van der Waals surface area contributed by atoms with Crippen LogP contribution >= 0.6 is 0 Å². The van der Waals surface area contributed by atoms with Gasteiger partial charge in [-0.1, -0.05) is 12.1 Å². The van der Waals surface area contributed by atoms with Gasteiger partial charge in [-0.25, -0.2) is 0 Å². The molecule has 1 aromatic carbocycles. The standard InChI is InChI=1S/C13H18N2O3S/c14-12(9-10-1-3-11(16)4-2-10)13(17)15-5-7-19(18)8-6-15/h1-4,12,16H,5-9,14H2/t12-/m0/s1. The number of phenols is 1. The zero-order chi connectivity index (χ0) is 13.8.